The second-order valence-electron chi connectivity index (χ2n) is 5.25. The van der Waals surface area contributed by atoms with E-state index in [-0.39, 0.29) is 16.0 Å². The molecule has 1 heterocycles. The van der Waals surface area contributed by atoms with Gasteiger partial charge in [0.05, 0.1) is 12.2 Å². The van der Waals surface area contributed by atoms with Gasteiger partial charge in [-0.25, -0.2) is 13.1 Å². The molecule has 0 atom stereocenters. The number of hydrogen-bond donors (Lipinski definition) is 0. The molecule has 21 heavy (non-hydrogen) atoms. The average Bonchev–Trinajstić information content (AvgIpc) is 2.65. The van der Waals surface area contributed by atoms with Crippen LogP contribution in [0.1, 0.15) is 25.1 Å². The summed E-state index contributed by atoms with van der Waals surface area (Å²) in [5, 5.41) is 4.39. The van der Waals surface area contributed by atoms with E-state index in [2.05, 4.69) is 5.10 Å². The number of rotatable bonds is 5. The van der Waals surface area contributed by atoms with Crippen molar-refractivity contribution in [2.45, 2.75) is 31.7 Å². The van der Waals surface area contributed by atoms with E-state index < -0.39 is 9.05 Å². The molecular weight excluding hydrogens is 331 g/mol. The van der Waals surface area contributed by atoms with Gasteiger partial charge in [0.25, 0.3) is 9.05 Å². The van der Waals surface area contributed by atoms with Crippen LogP contribution in [0.4, 0.5) is 0 Å². The van der Waals surface area contributed by atoms with Gasteiger partial charge in [0.2, 0.25) is 0 Å². The molecule has 0 aliphatic carbocycles. The van der Waals surface area contributed by atoms with Crippen molar-refractivity contribution in [1.29, 1.82) is 0 Å². The molecule has 1 aromatic heterocycles. The third-order valence-corrected chi connectivity index (χ3v) is 4.81. The highest BCUT2D eigenvalue weighted by molar-refractivity contribution is 8.13. The second-order valence-corrected chi connectivity index (χ2v) is 8.11. The van der Waals surface area contributed by atoms with Gasteiger partial charge in [-0.05, 0) is 17.9 Å². The van der Waals surface area contributed by atoms with Gasteiger partial charge in [-0.2, -0.15) is 5.10 Å². The third kappa shape index (κ3) is 3.99. The highest BCUT2D eigenvalue weighted by atomic mass is 35.7. The fourth-order valence-corrected chi connectivity index (χ4v) is 3.92. The Hall–Kier alpha value is -1.04. The average molecular weight is 347 g/mol. The fourth-order valence-electron chi connectivity index (χ4n) is 2.09. The summed E-state index contributed by atoms with van der Waals surface area (Å²) >= 11 is 6.18. The summed E-state index contributed by atoms with van der Waals surface area (Å²) in [6.07, 6.45) is 0.503. The summed E-state index contributed by atoms with van der Waals surface area (Å²) in [6.45, 7) is 4.36. The Bertz CT molecular complexity index is 725. The summed E-state index contributed by atoms with van der Waals surface area (Å²) in [5.41, 5.74) is 1.40. The van der Waals surface area contributed by atoms with E-state index in [9.17, 15) is 8.42 Å². The molecule has 0 saturated heterocycles. The molecule has 0 N–H and O–H groups in total. The Labute approximate surface area is 134 Å². The molecule has 4 nitrogen and oxygen atoms in total. The zero-order chi connectivity index (χ0) is 15.6. The predicted octanol–water partition coefficient (Wildman–Crippen LogP) is 3.71. The molecule has 2 rings (SSSR count). The zero-order valence-corrected chi connectivity index (χ0v) is 14.1. The lowest BCUT2D eigenvalue weighted by atomic mass is 10.1. The van der Waals surface area contributed by atoms with Crippen molar-refractivity contribution in [3.05, 3.63) is 46.7 Å². The molecule has 0 unspecified atom stereocenters. The lowest BCUT2D eigenvalue weighted by Gasteiger charge is -2.03. The van der Waals surface area contributed by atoms with Crippen LogP contribution in [-0.2, 0) is 22.0 Å². The maximum absolute atomic E-state index is 11.7. The van der Waals surface area contributed by atoms with Crippen LogP contribution >= 0.6 is 22.3 Å². The summed E-state index contributed by atoms with van der Waals surface area (Å²) in [4.78, 5) is -0.0736. The minimum absolute atomic E-state index is 0.0597. The minimum atomic E-state index is -3.92. The first-order valence-corrected chi connectivity index (χ1v) is 9.21. The first-order valence-electron chi connectivity index (χ1n) is 6.52. The smallest absolute Gasteiger partial charge is 0.248 e. The van der Waals surface area contributed by atoms with E-state index in [1.807, 2.05) is 44.2 Å². The Morgan fingerprint density at radius 1 is 1.24 bits per heavy atom. The van der Waals surface area contributed by atoms with E-state index in [1.54, 1.807) is 0 Å². The van der Waals surface area contributed by atoms with Gasteiger partial charge < -0.3 is 0 Å². The van der Waals surface area contributed by atoms with E-state index in [0.717, 1.165) is 5.56 Å². The number of benzene rings is 1. The molecule has 0 aliphatic heterocycles. The minimum Gasteiger partial charge on any atom is -0.248 e. The SMILES string of the molecule is CC(C)Cc1nn(Cc2ccccc2)c(Cl)c1S(=O)(=O)Cl. The quantitative estimate of drug-likeness (QED) is 0.775. The molecule has 0 fully saturated rings. The lowest BCUT2D eigenvalue weighted by molar-refractivity contribution is 0.596. The van der Waals surface area contributed by atoms with Gasteiger partial charge in [-0.15, -0.1) is 0 Å². The first kappa shape index (κ1) is 16.3. The molecule has 0 spiro atoms. The van der Waals surface area contributed by atoms with Crippen LogP contribution in [-0.4, -0.2) is 18.2 Å². The summed E-state index contributed by atoms with van der Waals surface area (Å²) in [5.74, 6) is 0.248. The van der Waals surface area contributed by atoms with Gasteiger partial charge in [-0.1, -0.05) is 55.8 Å². The van der Waals surface area contributed by atoms with Crippen molar-refractivity contribution in [2.75, 3.05) is 0 Å². The van der Waals surface area contributed by atoms with E-state index >= 15 is 0 Å². The summed E-state index contributed by atoms with van der Waals surface area (Å²) < 4.78 is 25.0. The van der Waals surface area contributed by atoms with Crippen LogP contribution in [0.3, 0.4) is 0 Å². The Morgan fingerprint density at radius 3 is 2.38 bits per heavy atom. The predicted molar refractivity (Wildman–Crippen MR) is 84.4 cm³/mol. The molecule has 7 heteroatoms. The topological polar surface area (TPSA) is 52.0 Å². The molecule has 0 aliphatic rings. The molecule has 0 amide bonds. The van der Waals surface area contributed by atoms with E-state index in [1.165, 1.54) is 4.68 Å². The summed E-state index contributed by atoms with van der Waals surface area (Å²) in [7, 11) is 1.58. The summed E-state index contributed by atoms with van der Waals surface area (Å²) in [6, 6.07) is 9.57. The van der Waals surface area contributed by atoms with Crippen LogP contribution in [0, 0.1) is 5.92 Å². The van der Waals surface area contributed by atoms with Crippen molar-refractivity contribution in [3.63, 3.8) is 0 Å². The number of hydrogen-bond acceptors (Lipinski definition) is 3. The Kier molecular flexibility index (Phi) is 4.96. The van der Waals surface area contributed by atoms with Crippen molar-refractivity contribution in [3.8, 4) is 0 Å². The zero-order valence-electron chi connectivity index (χ0n) is 11.8. The molecule has 1 aromatic carbocycles. The highest BCUT2D eigenvalue weighted by Crippen LogP contribution is 2.30. The van der Waals surface area contributed by atoms with Crippen molar-refractivity contribution < 1.29 is 8.42 Å². The molecule has 0 bridgehead atoms. The highest BCUT2D eigenvalue weighted by Gasteiger charge is 2.26. The van der Waals surface area contributed by atoms with Gasteiger partial charge in [-0.3, -0.25) is 0 Å². The molecule has 0 radical (unpaired) electrons. The van der Waals surface area contributed by atoms with Gasteiger partial charge in [0.1, 0.15) is 10.0 Å². The largest absolute Gasteiger partial charge is 0.266 e. The second kappa shape index (κ2) is 6.38. The third-order valence-electron chi connectivity index (χ3n) is 2.94. The molecule has 0 saturated carbocycles. The van der Waals surface area contributed by atoms with Gasteiger partial charge >= 0.3 is 0 Å². The van der Waals surface area contributed by atoms with E-state index in [4.69, 9.17) is 22.3 Å². The molecular formula is C14H16Cl2N2O2S. The number of aromatic nitrogens is 2. The van der Waals surface area contributed by atoms with Crippen molar-refractivity contribution in [1.82, 2.24) is 9.78 Å². The molecule has 114 valence electrons. The van der Waals surface area contributed by atoms with Crippen LogP contribution < -0.4 is 0 Å². The van der Waals surface area contributed by atoms with Gasteiger partial charge in [0, 0.05) is 10.7 Å². The van der Waals surface area contributed by atoms with Crippen LogP contribution in [0.2, 0.25) is 5.15 Å². The maximum atomic E-state index is 11.7. The van der Waals surface area contributed by atoms with Crippen molar-refractivity contribution in [2.24, 2.45) is 5.92 Å². The first-order chi connectivity index (χ1) is 9.79. The Morgan fingerprint density at radius 2 is 1.86 bits per heavy atom. The standard InChI is InChI=1S/C14H16Cl2N2O2S/c1-10(2)8-12-13(21(16,19)20)14(15)18(17-12)9-11-6-4-3-5-7-11/h3-7,10H,8-9H2,1-2H3. The van der Waals surface area contributed by atoms with Crippen LogP contribution in [0.15, 0.2) is 35.2 Å². The van der Waals surface area contributed by atoms with Crippen molar-refractivity contribution >= 4 is 31.3 Å². The normalized spacial score (nSPS) is 12.0. The fraction of sp³-hybridized carbons (Fsp3) is 0.357. The lowest BCUT2D eigenvalue weighted by Crippen LogP contribution is -2.03. The van der Waals surface area contributed by atoms with E-state index in [0.29, 0.717) is 18.7 Å². The number of nitrogens with zero attached hydrogens (tertiary/aromatic N) is 2. The molecule has 2 aromatic rings. The Balaban J connectivity index is 2.46. The van der Waals surface area contributed by atoms with Crippen LogP contribution in [0.5, 0.6) is 0 Å². The number of halogens is 2. The van der Waals surface area contributed by atoms with Crippen LogP contribution in [0.25, 0.3) is 0 Å². The van der Waals surface area contributed by atoms with Gasteiger partial charge in [0.15, 0.2) is 0 Å². The monoisotopic (exact) mass is 346 g/mol. The maximum Gasteiger partial charge on any atom is 0.266 e.